The molecule has 0 aliphatic heterocycles. The summed E-state index contributed by atoms with van der Waals surface area (Å²) >= 11 is 0. The molecule has 0 bridgehead atoms. The standard InChI is InChI=1S/C12H16N4/c1-10(2)8-15-12-14-6-7-16(12)11-4-3-5-13-9-11/h3-7,9-10H,8H2,1-2H3,(H,14,15). The minimum Gasteiger partial charge on any atom is -0.355 e. The van der Waals surface area contributed by atoms with Gasteiger partial charge in [-0.1, -0.05) is 13.8 Å². The Labute approximate surface area is 95.4 Å². The van der Waals surface area contributed by atoms with Crippen molar-refractivity contribution in [3.63, 3.8) is 0 Å². The zero-order valence-corrected chi connectivity index (χ0v) is 9.59. The first-order valence-corrected chi connectivity index (χ1v) is 5.45. The van der Waals surface area contributed by atoms with E-state index < -0.39 is 0 Å². The Kier molecular flexibility index (Phi) is 3.19. The molecule has 0 aliphatic carbocycles. The molecule has 2 aromatic rings. The fourth-order valence-corrected chi connectivity index (χ4v) is 1.43. The van der Waals surface area contributed by atoms with Gasteiger partial charge in [0.05, 0.1) is 11.9 Å². The summed E-state index contributed by atoms with van der Waals surface area (Å²) < 4.78 is 2.00. The Morgan fingerprint density at radius 2 is 2.25 bits per heavy atom. The lowest BCUT2D eigenvalue weighted by Crippen LogP contribution is -2.12. The molecule has 0 aliphatic rings. The molecule has 16 heavy (non-hydrogen) atoms. The number of aromatic nitrogens is 3. The maximum atomic E-state index is 4.29. The Morgan fingerprint density at radius 1 is 1.38 bits per heavy atom. The van der Waals surface area contributed by atoms with Crippen molar-refractivity contribution < 1.29 is 0 Å². The van der Waals surface area contributed by atoms with Gasteiger partial charge in [0.25, 0.3) is 0 Å². The van der Waals surface area contributed by atoms with Crippen molar-refractivity contribution in [3.05, 3.63) is 36.9 Å². The van der Waals surface area contributed by atoms with Crippen molar-refractivity contribution in [1.82, 2.24) is 14.5 Å². The van der Waals surface area contributed by atoms with Gasteiger partial charge in [0.1, 0.15) is 0 Å². The van der Waals surface area contributed by atoms with Crippen LogP contribution in [0.25, 0.3) is 5.69 Å². The third-order valence-electron chi connectivity index (χ3n) is 2.23. The molecule has 4 nitrogen and oxygen atoms in total. The molecular formula is C12H16N4. The second-order valence-electron chi connectivity index (χ2n) is 4.11. The minimum atomic E-state index is 0.596. The number of nitrogens with zero attached hydrogens (tertiary/aromatic N) is 3. The lowest BCUT2D eigenvalue weighted by atomic mass is 10.2. The normalized spacial score (nSPS) is 10.7. The molecule has 0 aromatic carbocycles. The van der Waals surface area contributed by atoms with Crippen molar-refractivity contribution in [3.8, 4) is 5.69 Å². The molecule has 0 amide bonds. The molecule has 0 spiro atoms. The van der Waals surface area contributed by atoms with Crippen LogP contribution in [0.3, 0.4) is 0 Å². The fraction of sp³-hybridized carbons (Fsp3) is 0.333. The number of imidazole rings is 1. The first-order valence-electron chi connectivity index (χ1n) is 5.45. The molecule has 0 unspecified atom stereocenters. The van der Waals surface area contributed by atoms with Crippen LogP contribution in [0.2, 0.25) is 0 Å². The summed E-state index contributed by atoms with van der Waals surface area (Å²) in [6.07, 6.45) is 7.30. The second-order valence-corrected chi connectivity index (χ2v) is 4.11. The topological polar surface area (TPSA) is 42.7 Å². The highest BCUT2D eigenvalue weighted by Gasteiger charge is 2.04. The van der Waals surface area contributed by atoms with E-state index in [4.69, 9.17) is 0 Å². The van der Waals surface area contributed by atoms with Gasteiger partial charge >= 0.3 is 0 Å². The molecule has 0 atom stereocenters. The fourth-order valence-electron chi connectivity index (χ4n) is 1.43. The van der Waals surface area contributed by atoms with Gasteiger partial charge in [-0.3, -0.25) is 9.55 Å². The first kappa shape index (κ1) is 10.7. The van der Waals surface area contributed by atoms with E-state index in [-0.39, 0.29) is 0 Å². The van der Waals surface area contributed by atoms with E-state index in [1.165, 1.54) is 0 Å². The second kappa shape index (κ2) is 4.79. The van der Waals surface area contributed by atoms with Crippen LogP contribution in [0.4, 0.5) is 5.95 Å². The SMILES string of the molecule is CC(C)CNc1nccn1-c1cccnc1. The van der Waals surface area contributed by atoms with Gasteiger partial charge in [-0.15, -0.1) is 0 Å². The summed E-state index contributed by atoms with van der Waals surface area (Å²) in [5.74, 6) is 1.46. The lowest BCUT2D eigenvalue weighted by molar-refractivity contribution is 0.683. The third-order valence-corrected chi connectivity index (χ3v) is 2.23. The molecular weight excluding hydrogens is 200 g/mol. The molecule has 0 fully saturated rings. The molecule has 2 heterocycles. The van der Waals surface area contributed by atoms with Crippen LogP contribution in [-0.4, -0.2) is 21.1 Å². The van der Waals surface area contributed by atoms with Crippen LogP contribution in [0.1, 0.15) is 13.8 Å². The molecule has 2 rings (SSSR count). The highest BCUT2D eigenvalue weighted by Crippen LogP contribution is 2.13. The summed E-state index contributed by atoms with van der Waals surface area (Å²) in [5.41, 5.74) is 1.02. The van der Waals surface area contributed by atoms with E-state index >= 15 is 0 Å². The summed E-state index contributed by atoms with van der Waals surface area (Å²) in [6.45, 7) is 5.26. The van der Waals surface area contributed by atoms with Gasteiger partial charge in [-0.2, -0.15) is 0 Å². The Bertz CT molecular complexity index is 433. The van der Waals surface area contributed by atoms with E-state index in [9.17, 15) is 0 Å². The molecule has 0 saturated heterocycles. The number of pyridine rings is 1. The predicted octanol–water partition coefficient (Wildman–Crippen LogP) is 2.34. The van der Waals surface area contributed by atoms with Crippen LogP contribution in [0, 0.1) is 5.92 Å². The molecule has 84 valence electrons. The summed E-state index contributed by atoms with van der Waals surface area (Å²) in [5, 5.41) is 3.32. The predicted molar refractivity (Wildman–Crippen MR) is 64.7 cm³/mol. The van der Waals surface area contributed by atoms with Crippen LogP contribution in [-0.2, 0) is 0 Å². The van der Waals surface area contributed by atoms with Gasteiger partial charge in [0, 0.05) is 25.1 Å². The zero-order valence-electron chi connectivity index (χ0n) is 9.59. The summed E-state index contributed by atoms with van der Waals surface area (Å²) in [4.78, 5) is 8.39. The van der Waals surface area contributed by atoms with Crippen LogP contribution >= 0.6 is 0 Å². The van der Waals surface area contributed by atoms with Crippen molar-refractivity contribution in [2.45, 2.75) is 13.8 Å². The van der Waals surface area contributed by atoms with E-state index in [1.807, 2.05) is 29.1 Å². The minimum absolute atomic E-state index is 0.596. The number of hydrogen-bond acceptors (Lipinski definition) is 3. The maximum Gasteiger partial charge on any atom is 0.207 e. The van der Waals surface area contributed by atoms with E-state index in [1.54, 1.807) is 12.4 Å². The quantitative estimate of drug-likeness (QED) is 0.853. The van der Waals surface area contributed by atoms with Gasteiger partial charge in [0.2, 0.25) is 5.95 Å². The highest BCUT2D eigenvalue weighted by molar-refractivity contribution is 5.39. The zero-order chi connectivity index (χ0) is 11.4. The Morgan fingerprint density at radius 3 is 2.94 bits per heavy atom. The first-order chi connectivity index (χ1) is 7.77. The molecule has 2 aromatic heterocycles. The van der Waals surface area contributed by atoms with Crippen molar-refractivity contribution >= 4 is 5.95 Å². The van der Waals surface area contributed by atoms with Gasteiger partial charge < -0.3 is 5.32 Å². The average molecular weight is 216 g/mol. The summed E-state index contributed by atoms with van der Waals surface area (Å²) in [7, 11) is 0. The van der Waals surface area contributed by atoms with Crippen molar-refractivity contribution in [2.75, 3.05) is 11.9 Å². The maximum absolute atomic E-state index is 4.29. The summed E-state index contributed by atoms with van der Waals surface area (Å²) in [6, 6.07) is 3.93. The highest BCUT2D eigenvalue weighted by atomic mass is 15.2. The monoisotopic (exact) mass is 216 g/mol. The van der Waals surface area contributed by atoms with Crippen LogP contribution < -0.4 is 5.32 Å². The number of anilines is 1. The van der Waals surface area contributed by atoms with Gasteiger partial charge in [-0.05, 0) is 18.1 Å². The van der Waals surface area contributed by atoms with Gasteiger partial charge in [-0.25, -0.2) is 4.98 Å². The van der Waals surface area contributed by atoms with E-state index in [0.717, 1.165) is 18.2 Å². The molecule has 1 N–H and O–H groups in total. The lowest BCUT2D eigenvalue weighted by Gasteiger charge is -2.10. The van der Waals surface area contributed by atoms with Crippen LogP contribution in [0.5, 0.6) is 0 Å². The molecule has 0 saturated carbocycles. The Balaban J connectivity index is 2.19. The number of nitrogens with one attached hydrogen (secondary N) is 1. The molecule has 4 heteroatoms. The van der Waals surface area contributed by atoms with Crippen molar-refractivity contribution in [2.24, 2.45) is 5.92 Å². The van der Waals surface area contributed by atoms with E-state index in [2.05, 4.69) is 29.1 Å². The molecule has 0 radical (unpaired) electrons. The smallest absolute Gasteiger partial charge is 0.207 e. The van der Waals surface area contributed by atoms with Crippen LogP contribution in [0.15, 0.2) is 36.9 Å². The van der Waals surface area contributed by atoms with Gasteiger partial charge in [0.15, 0.2) is 0 Å². The average Bonchev–Trinajstić information content (AvgIpc) is 2.75. The van der Waals surface area contributed by atoms with E-state index in [0.29, 0.717) is 5.92 Å². The number of rotatable bonds is 4. The Hall–Kier alpha value is -1.84. The number of hydrogen-bond donors (Lipinski definition) is 1. The largest absolute Gasteiger partial charge is 0.355 e. The van der Waals surface area contributed by atoms with Crippen molar-refractivity contribution in [1.29, 1.82) is 0 Å². The third kappa shape index (κ3) is 2.39.